The highest BCUT2D eigenvalue weighted by molar-refractivity contribution is 7.90. The normalized spacial score (nSPS) is 14.9. The topological polar surface area (TPSA) is 145 Å². The van der Waals surface area contributed by atoms with E-state index in [1.807, 2.05) is 4.90 Å². The minimum absolute atomic E-state index is 0. The lowest BCUT2D eigenvalue weighted by atomic mass is 10.0. The van der Waals surface area contributed by atoms with Crippen molar-refractivity contribution in [2.75, 3.05) is 24.2 Å². The third-order valence-electron chi connectivity index (χ3n) is 3.72. The summed E-state index contributed by atoms with van der Waals surface area (Å²) < 4.78 is 24.0. The van der Waals surface area contributed by atoms with E-state index in [9.17, 15) is 13.2 Å². The predicted octanol–water partition coefficient (Wildman–Crippen LogP) is 0.275. The van der Waals surface area contributed by atoms with Gasteiger partial charge in [0.05, 0.1) is 10.6 Å². The van der Waals surface area contributed by atoms with E-state index in [4.69, 9.17) is 17.2 Å². The molecule has 0 saturated carbocycles. The van der Waals surface area contributed by atoms with Gasteiger partial charge in [0.15, 0.2) is 15.8 Å². The molecule has 1 saturated heterocycles. The Morgan fingerprint density at radius 1 is 1.20 bits per heavy atom. The van der Waals surface area contributed by atoms with E-state index in [0.717, 1.165) is 19.1 Å². The fourth-order valence-electron chi connectivity index (χ4n) is 2.53. The fraction of sp³-hybridized carbons (Fsp3) is 0.429. The van der Waals surface area contributed by atoms with Crippen molar-refractivity contribution in [3.05, 3.63) is 23.8 Å². The molecule has 1 aliphatic heterocycles. The van der Waals surface area contributed by atoms with E-state index in [2.05, 4.69) is 4.99 Å². The first-order valence-corrected chi connectivity index (χ1v) is 9.06. The molecule has 1 aliphatic rings. The highest BCUT2D eigenvalue weighted by Gasteiger charge is 2.23. The van der Waals surface area contributed by atoms with Crippen LogP contribution in [0.2, 0.25) is 0 Å². The molecular formula is C14H23Cl2N5O3S. The lowest BCUT2D eigenvalue weighted by molar-refractivity contribution is 0.100. The van der Waals surface area contributed by atoms with Crippen LogP contribution in [0.3, 0.4) is 0 Å². The third kappa shape index (κ3) is 6.03. The largest absolute Gasteiger partial charge is 0.370 e. The molecule has 1 aromatic rings. The molecule has 0 aliphatic carbocycles. The number of guanidine groups is 1. The zero-order valence-corrected chi connectivity index (χ0v) is 16.2. The molecule has 0 atom stereocenters. The molecule has 0 unspecified atom stereocenters. The standard InChI is InChI=1S/C14H21N5O3S.2ClH/c1-23(21,22)12-3-2-9(13(20)18-14(16)17)8-11(12)19-6-4-10(15)5-7-19;;/h2-3,8,10H,4-7,15H2,1H3,(H4,16,17,18,20);2*1H. The summed E-state index contributed by atoms with van der Waals surface area (Å²) in [6.45, 7) is 1.26. The summed E-state index contributed by atoms with van der Waals surface area (Å²) in [5, 5.41) is 0. The Hall–Kier alpha value is -1.55. The van der Waals surface area contributed by atoms with Crippen LogP contribution in [-0.2, 0) is 9.84 Å². The van der Waals surface area contributed by atoms with Gasteiger partial charge in [-0.2, -0.15) is 4.99 Å². The van der Waals surface area contributed by atoms with E-state index in [-0.39, 0.29) is 47.3 Å². The van der Waals surface area contributed by atoms with E-state index in [1.54, 1.807) is 0 Å². The van der Waals surface area contributed by atoms with Crippen LogP contribution in [0.15, 0.2) is 28.1 Å². The second kappa shape index (κ2) is 9.23. The maximum Gasteiger partial charge on any atom is 0.280 e. The van der Waals surface area contributed by atoms with Crippen LogP contribution in [0.4, 0.5) is 5.69 Å². The Labute approximate surface area is 159 Å². The predicted molar refractivity (Wildman–Crippen MR) is 104 cm³/mol. The molecule has 1 heterocycles. The summed E-state index contributed by atoms with van der Waals surface area (Å²) in [5.74, 6) is -0.951. The fourth-order valence-corrected chi connectivity index (χ4v) is 3.42. The maximum absolute atomic E-state index is 12.0. The Balaban J connectivity index is 0.00000288. The Morgan fingerprint density at radius 2 is 1.76 bits per heavy atom. The summed E-state index contributed by atoms with van der Waals surface area (Å²) >= 11 is 0. The molecule has 1 fully saturated rings. The first-order chi connectivity index (χ1) is 10.7. The number of rotatable bonds is 3. The highest BCUT2D eigenvalue weighted by atomic mass is 35.5. The molecule has 1 amide bonds. The summed E-state index contributed by atoms with van der Waals surface area (Å²) in [6.07, 6.45) is 2.66. The lowest BCUT2D eigenvalue weighted by Crippen LogP contribution is -2.40. The number of halogens is 2. The summed E-state index contributed by atoms with van der Waals surface area (Å²) in [4.78, 5) is 17.5. The number of hydrogen-bond acceptors (Lipinski definition) is 5. The Morgan fingerprint density at radius 3 is 2.24 bits per heavy atom. The minimum Gasteiger partial charge on any atom is -0.370 e. The van der Waals surface area contributed by atoms with E-state index in [0.29, 0.717) is 18.8 Å². The number of amides is 1. The van der Waals surface area contributed by atoms with Crippen molar-refractivity contribution in [2.24, 2.45) is 22.2 Å². The summed E-state index contributed by atoms with van der Waals surface area (Å²) in [5.41, 5.74) is 17.0. The smallest absolute Gasteiger partial charge is 0.280 e. The van der Waals surface area contributed by atoms with E-state index < -0.39 is 15.7 Å². The van der Waals surface area contributed by atoms with Crippen LogP contribution < -0.4 is 22.1 Å². The summed E-state index contributed by atoms with van der Waals surface area (Å²) in [7, 11) is -3.43. The van der Waals surface area contributed by atoms with Crippen LogP contribution in [0.5, 0.6) is 0 Å². The average molecular weight is 412 g/mol. The van der Waals surface area contributed by atoms with Crippen LogP contribution in [0.1, 0.15) is 23.2 Å². The van der Waals surface area contributed by atoms with Crippen molar-refractivity contribution >= 4 is 52.2 Å². The zero-order chi connectivity index (χ0) is 17.2. The number of anilines is 1. The second-order valence-corrected chi connectivity index (χ2v) is 7.61. The first kappa shape index (κ1) is 23.4. The molecule has 0 spiro atoms. The zero-order valence-electron chi connectivity index (χ0n) is 13.7. The third-order valence-corrected chi connectivity index (χ3v) is 4.86. The van der Waals surface area contributed by atoms with Crippen LogP contribution in [-0.4, -0.2) is 45.7 Å². The van der Waals surface area contributed by atoms with Crippen molar-refractivity contribution in [2.45, 2.75) is 23.8 Å². The summed E-state index contributed by atoms with van der Waals surface area (Å²) in [6, 6.07) is 4.44. The Kier molecular flexibility index (Phi) is 8.66. The number of carbonyl (C=O) groups is 1. The molecule has 11 heteroatoms. The molecular weight excluding hydrogens is 389 g/mol. The number of aliphatic imine (C=N–C) groups is 1. The first-order valence-electron chi connectivity index (χ1n) is 7.17. The maximum atomic E-state index is 12.0. The molecule has 6 N–H and O–H groups in total. The van der Waals surface area contributed by atoms with Gasteiger partial charge in [-0.15, -0.1) is 24.8 Å². The van der Waals surface area contributed by atoms with Crippen molar-refractivity contribution in [3.63, 3.8) is 0 Å². The van der Waals surface area contributed by atoms with E-state index >= 15 is 0 Å². The SMILES string of the molecule is CS(=O)(=O)c1ccc(C(=O)N=C(N)N)cc1N1CCC(N)CC1.Cl.Cl. The molecule has 8 nitrogen and oxygen atoms in total. The second-order valence-electron chi connectivity index (χ2n) is 5.62. The quantitative estimate of drug-likeness (QED) is 0.477. The van der Waals surface area contributed by atoms with Crippen molar-refractivity contribution < 1.29 is 13.2 Å². The number of piperidine rings is 1. The van der Waals surface area contributed by atoms with Crippen molar-refractivity contribution in [1.82, 2.24) is 0 Å². The monoisotopic (exact) mass is 411 g/mol. The molecule has 142 valence electrons. The number of carbonyl (C=O) groups excluding carboxylic acids is 1. The minimum atomic E-state index is -3.43. The number of benzene rings is 1. The van der Waals surface area contributed by atoms with Crippen molar-refractivity contribution in [3.8, 4) is 0 Å². The van der Waals surface area contributed by atoms with Gasteiger partial charge in [0, 0.05) is 31.0 Å². The van der Waals surface area contributed by atoms with Crippen LogP contribution >= 0.6 is 24.8 Å². The number of nitrogens with two attached hydrogens (primary N) is 3. The van der Waals surface area contributed by atoms with Gasteiger partial charge in [0.1, 0.15) is 0 Å². The van der Waals surface area contributed by atoms with Gasteiger partial charge in [-0.05, 0) is 31.0 Å². The molecule has 1 aromatic carbocycles. The number of hydrogen-bond donors (Lipinski definition) is 3. The molecule has 2 rings (SSSR count). The number of sulfone groups is 1. The molecule has 0 aromatic heterocycles. The van der Waals surface area contributed by atoms with Gasteiger partial charge in [-0.25, -0.2) is 8.42 Å². The Bertz CT molecular complexity index is 743. The average Bonchev–Trinajstić information content (AvgIpc) is 2.45. The van der Waals surface area contributed by atoms with Gasteiger partial charge in [0.25, 0.3) is 5.91 Å². The molecule has 0 radical (unpaired) electrons. The molecule has 25 heavy (non-hydrogen) atoms. The number of nitrogens with zero attached hydrogens (tertiary/aromatic N) is 2. The van der Waals surface area contributed by atoms with Crippen molar-refractivity contribution in [1.29, 1.82) is 0 Å². The van der Waals surface area contributed by atoms with Gasteiger partial charge in [-0.1, -0.05) is 0 Å². The van der Waals surface area contributed by atoms with Crippen LogP contribution in [0.25, 0.3) is 0 Å². The van der Waals surface area contributed by atoms with E-state index in [1.165, 1.54) is 18.2 Å². The van der Waals surface area contributed by atoms with Gasteiger partial charge >= 0.3 is 0 Å². The highest BCUT2D eigenvalue weighted by Crippen LogP contribution is 2.29. The molecule has 0 bridgehead atoms. The van der Waals surface area contributed by atoms with Gasteiger partial charge in [0.2, 0.25) is 0 Å². The van der Waals surface area contributed by atoms with Crippen LogP contribution in [0, 0.1) is 0 Å². The van der Waals surface area contributed by atoms with Gasteiger partial charge < -0.3 is 22.1 Å². The van der Waals surface area contributed by atoms with Gasteiger partial charge in [-0.3, -0.25) is 4.79 Å². The lowest BCUT2D eigenvalue weighted by Gasteiger charge is -2.33.